The Morgan fingerprint density at radius 2 is 1.79 bits per heavy atom. The van der Waals surface area contributed by atoms with Gasteiger partial charge in [0.2, 0.25) is 5.79 Å². The third kappa shape index (κ3) is 3.63. The van der Waals surface area contributed by atoms with Crippen molar-refractivity contribution in [3.8, 4) is 10.4 Å². The van der Waals surface area contributed by atoms with E-state index in [2.05, 4.69) is 0 Å². The van der Waals surface area contributed by atoms with Crippen LogP contribution in [0.3, 0.4) is 0 Å². The third-order valence-electron chi connectivity index (χ3n) is 6.64. The minimum Gasteiger partial charge on any atom is -0.393 e. The quantitative estimate of drug-likeness (QED) is 0.456. The number of rotatable bonds is 5. The fourth-order valence-corrected chi connectivity index (χ4v) is 5.62. The highest BCUT2D eigenvalue weighted by Gasteiger charge is 2.67. The predicted molar refractivity (Wildman–Crippen MR) is 120 cm³/mol. The number of aliphatic hydroxyl groups is 4. The molecule has 2 saturated heterocycles. The second-order valence-electron chi connectivity index (χ2n) is 8.75. The highest BCUT2D eigenvalue weighted by molar-refractivity contribution is 7.15. The Kier molecular flexibility index (Phi) is 5.65. The van der Waals surface area contributed by atoms with E-state index in [-0.39, 0.29) is 12.4 Å². The average Bonchev–Trinajstić information content (AvgIpc) is 3.44. The van der Waals surface area contributed by atoms with Crippen molar-refractivity contribution in [1.29, 1.82) is 0 Å². The van der Waals surface area contributed by atoms with Crippen molar-refractivity contribution in [1.82, 2.24) is 0 Å². The van der Waals surface area contributed by atoms with Crippen LogP contribution in [0.1, 0.15) is 21.6 Å². The molecule has 0 aliphatic carbocycles. The first kappa shape index (κ1) is 22.6. The third-order valence-corrected chi connectivity index (χ3v) is 7.77. The van der Waals surface area contributed by atoms with Gasteiger partial charge in [-0.05, 0) is 53.9 Å². The van der Waals surface area contributed by atoms with Crippen molar-refractivity contribution in [2.75, 3.05) is 13.2 Å². The van der Waals surface area contributed by atoms with Crippen LogP contribution >= 0.6 is 11.3 Å². The lowest BCUT2D eigenvalue weighted by Crippen LogP contribution is -2.65. The summed E-state index contributed by atoms with van der Waals surface area (Å²) in [5.74, 6) is -1.95. The molecule has 4 N–H and O–H groups in total. The van der Waals surface area contributed by atoms with E-state index >= 15 is 0 Å². The largest absolute Gasteiger partial charge is 0.393 e. The van der Waals surface area contributed by atoms with Gasteiger partial charge in [0.1, 0.15) is 29.7 Å². The lowest BCUT2D eigenvalue weighted by atomic mass is 9.83. The molecular weight excluding hydrogens is 447 g/mol. The molecule has 33 heavy (non-hydrogen) atoms. The van der Waals surface area contributed by atoms with Gasteiger partial charge in [0.15, 0.2) is 0 Å². The van der Waals surface area contributed by atoms with Gasteiger partial charge in [0.05, 0.1) is 13.2 Å². The summed E-state index contributed by atoms with van der Waals surface area (Å²) in [4.78, 5) is 2.14. The standard InChI is InChI=1S/C25H25FO6S/c1-14-2-5-17(25-23(30)21(28)22(29)24(12-27,32-25)13-31-25)10-16(14)11-19-8-9-20(33-19)15-3-6-18(26)7-4-15/h2-10,21-23,27-30H,11-13H2,1H3/t21-,22-,23+,24?,25?/m0/s1. The van der Waals surface area contributed by atoms with Crippen LogP contribution in [0.15, 0.2) is 54.6 Å². The summed E-state index contributed by atoms with van der Waals surface area (Å²) < 4.78 is 25.0. The zero-order valence-electron chi connectivity index (χ0n) is 17.9. The summed E-state index contributed by atoms with van der Waals surface area (Å²) in [6.45, 7) is 1.27. The summed E-state index contributed by atoms with van der Waals surface area (Å²) >= 11 is 1.61. The number of hydrogen-bond donors (Lipinski definition) is 4. The van der Waals surface area contributed by atoms with Crippen molar-refractivity contribution in [3.63, 3.8) is 0 Å². The summed E-state index contributed by atoms with van der Waals surface area (Å²) in [5.41, 5.74) is 1.97. The average molecular weight is 473 g/mol. The number of ether oxygens (including phenoxy) is 2. The number of benzene rings is 2. The van der Waals surface area contributed by atoms with Crippen LogP contribution < -0.4 is 0 Å². The van der Waals surface area contributed by atoms with E-state index in [0.717, 1.165) is 26.4 Å². The van der Waals surface area contributed by atoms with Gasteiger partial charge in [-0.25, -0.2) is 4.39 Å². The van der Waals surface area contributed by atoms with E-state index in [9.17, 15) is 24.8 Å². The normalized spacial score (nSPS) is 31.2. The Morgan fingerprint density at radius 3 is 2.52 bits per heavy atom. The van der Waals surface area contributed by atoms with E-state index in [1.165, 1.54) is 12.1 Å². The van der Waals surface area contributed by atoms with Gasteiger partial charge in [-0.1, -0.05) is 24.3 Å². The van der Waals surface area contributed by atoms with E-state index in [1.54, 1.807) is 29.5 Å². The molecule has 6 nitrogen and oxygen atoms in total. The zero-order valence-corrected chi connectivity index (χ0v) is 18.8. The Balaban J connectivity index is 1.45. The smallest absolute Gasteiger partial charge is 0.225 e. The maximum Gasteiger partial charge on any atom is 0.225 e. The zero-order chi connectivity index (χ0) is 23.4. The number of hydrogen-bond acceptors (Lipinski definition) is 7. The van der Waals surface area contributed by atoms with E-state index in [4.69, 9.17) is 9.47 Å². The molecule has 0 spiro atoms. The molecule has 174 valence electrons. The summed E-state index contributed by atoms with van der Waals surface area (Å²) in [7, 11) is 0. The van der Waals surface area contributed by atoms with Crippen LogP contribution in [0.2, 0.25) is 0 Å². The first-order valence-corrected chi connectivity index (χ1v) is 11.5. The molecule has 5 atom stereocenters. The number of aryl methyl sites for hydroxylation is 1. The van der Waals surface area contributed by atoms with Crippen molar-refractivity contribution in [2.24, 2.45) is 0 Å². The Hall–Kier alpha value is -2.17. The topological polar surface area (TPSA) is 99.4 Å². The molecule has 2 fully saturated rings. The molecule has 5 rings (SSSR count). The highest BCUT2D eigenvalue weighted by Crippen LogP contribution is 2.49. The number of halogens is 1. The minimum atomic E-state index is -1.68. The molecule has 8 heteroatoms. The lowest BCUT2D eigenvalue weighted by molar-refractivity contribution is -0.329. The van der Waals surface area contributed by atoms with Gasteiger partial charge < -0.3 is 29.9 Å². The number of fused-ring (bicyclic) bond motifs is 2. The molecular formula is C25H25FO6S. The van der Waals surface area contributed by atoms with Crippen LogP contribution in [-0.2, 0) is 21.7 Å². The SMILES string of the molecule is Cc1ccc(C23OCC(CO)(O2)[C@@H](O)[C@H](O)[C@H]3O)cc1Cc1ccc(-c2ccc(F)cc2)s1. The van der Waals surface area contributed by atoms with Crippen LogP contribution in [0.25, 0.3) is 10.4 Å². The molecule has 0 radical (unpaired) electrons. The molecule has 3 aromatic rings. The molecule has 3 heterocycles. The first-order valence-electron chi connectivity index (χ1n) is 10.7. The van der Waals surface area contributed by atoms with Crippen molar-refractivity contribution >= 4 is 11.3 Å². The van der Waals surface area contributed by atoms with Crippen LogP contribution in [0.5, 0.6) is 0 Å². The van der Waals surface area contributed by atoms with Gasteiger partial charge in [0.25, 0.3) is 0 Å². The van der Waals surface area contributed by atoms with Crippen molar-refractivity contribution in [3.05, 3.63) is 82.0 Å². The molecule has 2 aromatic carbocycles. The molecule has 2 aliphatic heterocycles. The molecule has 2 aliphatic rings. The minimum absolute atomic E-state index is 0.159. The van der Waals surface area contributed by atoms with Crippen LogP contribution in [0.4, 0.5) is 4.39 Å². The van der Waals surface area contributed by atoms with Gasteiger partial charge in [-0.2, -0.15) is 0 Å². The second kappa shape index (κ2) is 8.25. The lowest BCUT2D eigenvalue weighted by Gasteiger charge is -2.46. The van der Waals surface area contributed by atoms with E-state index < -0.39 is 36.3 Å². The van der Waals surface area contributed by atoms with Gasteiger partial charge >= 0.3 is 0 Å². The van der Waals surface area contributed by atoms with E-state index in [0.29, 0.717) is 12.0 Å². The summed E-state index contributed by atoms with van der Waals surface area (Å²) in [6, 6.07) is 15.9. The Bertz CT molecular complexity index is 1160. The molecule has 2 bridgehead atoms. The van der Waals surface area contributed by atoms with Crippen LogP contribution in [-0.4, -0.2) is 57.6 Å². The molecule has 0 amide bonds. The molecule has 0 saturated carbocycles. The second-order valence-corrected chi connectivity index (χ2v) is 9.92. The van der Waals surface area contributed by atoms with Gasteiger partial charge in [-0.3, -0.25) is 0 Å². The number of aliphatic hydroxyl groups excluding tert-OH is 4. The van der Waals surface area contributed by atoms with Crippen molar-refractivity contribution in [2.45, 2.75) is 43.0 Å². The van der Waals surface area contributed by atoms with Gasteiger partial charge in [0, 0.05) is 21.7 Å². The van der Waals surface area contributed by atoms with Crippen LogP contribution in [0, 0.1) is 12.7 Å². The summed E-state index contributed by atoms with van der Waals surface area (Å²) in [5, 5.41) is 41.4. The Labute approximate surface area is 194 Å². The van der Waals surface area contributed by atoms with Crippen molar-refractivity contribution < 1.29 is 34.3 Å². The fourth-order valence-electron chi connectivity index (χ4n) is 4.58. The molecule has 2 unspecified atom stereocenters. The monoisotopic (exact) mass is 472 g/mol. The maximum atomic E-state index is 13.2. The Morgan fingerprint density at radius 1 is 1.03 bits per heavy atom. The maximum absolute atomic E-state index is 13.2. The highest BCUT2D eigenvalue weighted by atomic mass is 32.1. The molecule has 1 aromatic heterocycles. The predicted octanol–water partition coefficient (Wildman–Crippen LogP) is 2.48. The summed E-state index contributed by atoms with van der Waals surface area (Å²) in [6.07, 6.45) is -3.92. The van der Waals surface area contributed by atoms with Gasteiger partial charge in [-0.15, -0.1) is 11.3 Å². The fraction of sp³-hybridized carbons (Fsp3) is 0.360. The number of thiophene rings is 1. The van der Waals surface area contributed by atoms with E-state index in [1.807, 2.05) is 31.2 Å². The first-order chi connectivity index (χ1) is 15.8.